The zero-order valence-electron chi connectivity index (χ0n) is 10.9. The summed E-state index contributed by atoms with van der Waals surface area (Å²) in [5, 5.41) is 2.89. The molecule has 0 aliphatic heterocycles. The van der Waals surface area contributed by atoms with Crippen LogP contribution < -0.4 is 15.8 Å². The number of hydrogen-bond acceptors (Lipinski definition) is 3. The van der Waals surface area contributed by atoms with Crippen LogP contribution in [0.4, 0.5) is 0 Å². The van der Waals surface area contributed by atoms with Gasteiger partial charge in [-0.05, 0) is 44.0 Å². The zero-order chi connectivity index (χ0) is 13.2. The number of rotatable bonds is 8. The van der Waals surface area contributed by atoms with E-state index in [9.17, 15) is 4.79 Å². The van der Waals surface area contributed by atoms with Crippen LogP contribution in [-0.2, 0) is 11.3 Å². The molecular formula is C14H22N2O2. The SMILES string of the molecule is CCOc1cccc(CNC(=O)CCCCN)c1. The van der Waals surface area contributed by atoms with Crippen molar-refractivity contribution in [2.45, 2.75) is 32.7 Å². The Hall–Kier alpha value is -1.55. The Kier molecular flexibility index (Phi) is 6.87. The first-order valence-electron chi connectivity index (χ1n) is 6.44. The number of benzene rings is 1. The van der Waals surface area contributed by atoms with Crippen LogP contribution in [0.15, 0.2) is 24.3 Å². The number of amides is 1. The standard InChI is InChI=1S/C14H22N2O2/c1-2-18-13-7-5-6-12(10-13)11-16-14(17)8-3-4-9-15/h5-7,10H,2-4,8-9,11,15H2,1H3,(H,16,17). The van der Waals surface area contributed by atoms with Crippen molar-refractivity contribution in [2.75, 3.05) is 13.2 Å². The van der Waals surface area contributed by atoms with E-state index in [4.69, 9.17) is 10.5 Å². The Morgan fingerprint density at radius 1 is 1.39 bits per heavy atom. The van der Waals surface area contributed by atoms with Crippen LogP contribution in [-0.4, -0.2) is 19.1 Å². The van der Waals surface area contributed by atoms with Gasteiger partial charge >= 0.3 is 0 Å². The minimum Gasteiger partial charge on any atom is -0.494 e. The van der Waals surface area contributed by atoms with Crippen molar-refractivity contribution in [3.05, 3.63) is 29.8 Å². The fourth-order valence-corrected chi connectivity index (χ4v) is 1.63. The molecule has 0 unspecified atom stereocenters. The van der Waals surface area contributed by atoms with Gasteiger partial charge in [0.05, 0.1) is 6.61 Å². The van der Waals surface area contributed by atoms with Gasteiger partial charge in [0, 0.05) is 13.0 Å². The number of unbranched alkanes of at least 4 members (excludes halogenated alkanes) is 1. The first kappa shape index (κ1) is 14.5. The van der Waals surface area contributed by atoms with Crippen LogP contribution >= 0.6 is 0 Å². The van der Waals surface area contributed by atoms with Gasteiger partial charge in [-0.1, -0.05) is 12.1 Å². The Bertz CT molecular complexity index is 367. The van der Waals surface area contributed by atoms with Gasteiger partial charge < -0.3 is 15.8 Å². The van der Waals surface area contributed by atoms with Crippen LogP contribution in [0.1, 0.15) is 31.7 Å². The highest BCUT2D eigenvalue weighted by atomic mass is 16.5. The van der Waals surface area contributed by atoms with Crippen LogP contribution in [0, 0.1) is 0 Å². The third-order valence-electron chi connectivity index (χ3n) is 2.56. The highest BCUT2D eigenvalue weighted by Crippen LogP contribution is 2.13. The Morgan fingerprint density at radius 2 is 2.22 bits per heavy atom. The fraction of sp³-hybridized carbons (Fsp3) is 0.500. The number of hydrogen-bond donors (Lipinski definition) is 2. The summed E-state index contributed by atoms with van der Waals surface area (Å²) in [7, 11) is 0. The van der Waals surface area contributed by atoms with Gasteiger partial charge in [0.15, 0.2) is 0 Å². The monoisotopic (exact) mass is 250 g/mol. The summed E-state index contributed by atoms with van der Waals surface area (Å²) in [5.41, 5.74) is 6.43. The van der Waals surface area contributed by atoms with E-state index in [0.29, 0.717) is 26.1 Å². The molecule has 0 aromatic heterocycles. The molecule has 1 amide bonds. The molecule has 4 heteroatoms. The predicted octanol–water partition coefficient (Wildman–Crippen LogP) is 1.83. The number of nitrogens with two attached hydrogens (primary N) is 1. The molecule has 0 radical (unpaired) electrons. The molecule has 3 N–H and O–H groups in total. The largest absolute Gasteiger partial charge is 0.494 e. The molecule has 1 aromatic rings. The second kappa shape index (κ2) is 8.53. The lowest BCUT2D eigenvalue weighted by Crippen LogP contribution is -2.22. The highest BCUT2D eigenvalue weighted by Gasteiger charge is 2.01. The molecule has 100 valence electrons. The molecule has 4 nitrogen and oxygen atoms in total. The third-order valence-corrected chi connectivity index (χ3v) is 2.56. The fourth-order valence-electron chi connectivity index (χ4n) is 1.63. The van der Waals surface area contributed by atoms with Crippen molar-refractivity contribution < 1.29 is 9.53 Å². The van der Waals surface area contributed by atoms with Crippen LogP contribution in [0.25, 0.3) is 0 Å². The van der Waals surface area contributed by atoms with Crippen LogP contribution in [0.5, 0.6) is 5.75 Å². The number of carbonyl (C=O) groups excluding carboxylic acids is 1. The lowest BCUT2D eigenvalue weighted by atomic mass is 10.2. The first-order chi connectivity index (χ1) is 8.76. The van der Waals surface area contributed by atoms with E-state index in [1.54, 1.807) is 0 Å². The first-order valence-corrected chi connectivity index (χ1v) is 6.44. The molecule has 0 fully saturated rings. The quantitative estimate of drug-likeness (QED) is 0.692. The summed E-state index contributed by atoms with van der Waals surface area (Å²) in [5.74, 6) is 0.914. The van der Waals surface area contributed by atoms with Crippen molar-refractivity contribution in [2.24, 2.45) is 5.73 Å². The maximum Gasteiger partial charge on any atom is 0.220 e. The molecule has 18 heavy (non-hydrogen) atoms. The Morgan fingerprint density at radius 3 is 2.94 bits per heavy atom. The normalized spacial score (nSPS) is 10.1. The van der Waals surface area contributed by atoms with E-state index in [2.05, 4.69) is 5.32 Å². The minimum atomic E-state index is 0.0743. The summed E-state index contributed by atoms with van der Waals surface area (Å²) < 4.78 is 5.41. The average molecular weight is 250 g/mol. The molecule has 0 atom stereocenters. The molecule has 0 aliphatic rings. The third kappa shape index (κ3) is 5.68. The van der Waals surface area contributed by atoms with Gasteiger partial charge in [0.1, 0.15) is 5.75 Å². The van der Waals surface area contributed by atoms with Crippen LogP contribution in [0.2, 0.25) is 0 Å². The molecule has 0 saturated carbocycles. The summed E-state index contributed by atoms with van der Waals surface area (Å²) in [6.45, 7) is 3.78. The zero-order valence-corrected chi connectivity index (χ0v) is 10.9. The van der Waals surface area contributed by atoms with Gasteiger partial charge in [-0.25, -0.2) is 0 Å². The molecule has 0 spiro atoms. The molecular weight excluding hydrogens is 228 g/mol. The summed E-state index contributed by atoms with van der Waals surface area (Å²) >= 11 is 0. The Balaban J connectivity index is 2.33. The van der Waals surface area contributed by atoms with Gasteiger partial charge in [-0.2, -0.15) is 0 Å². The number of carbonyl (C=O) groups is 1. The Labute approximate surface area is 109 Å². The second-order valence-corrected chi connectivity index (χ2v) is 4.10. The molecule has 0 saturated heterocycles. The maximum absolute atomic E-state index is 11.5. The van der Waals surface area contributed by atoms with Crippen molar-refractivity contribution in [1.29, 1.82) is 0 Å². The van der Waals surface area contributed by atoms with Crippen LogP contribution in [0.3, 0.4) is 0 Å². The minimum absolute atomic E-state index is 0.0743. The van der Waals surface area contributed by atoms with E-state index < -0.39 is 0 Å². The maximum atomic E-state index is 11.5. The lowest BCUT2D eigenvalue weighted by Gasteiger charge is -2.07. The smallest absolute Gasteiger partial charge is 0.220 e. The predicted molar refractivity (Wildman–Crippen MR) is 72.4 cm³/mol. The lowest BCUT2D eigenvalue weighted by molar-refractivity contribution is -0.121. The van der Waals surface area contributed by atoms with Gasteiger partial charge in [-0.15, -0.1) is 0 Å². The average Bonchev–Trinajstić information content (AvgIpc) is 2.38. The molecule has 0 aliphatic carbocycles. The van der Waals surface area contributed by atoms with E-state index in [0.717, 1.165) is 24.2 Å². The van der Waals surface area contributed by atoms with E-state index in [1.807, 2.05) is 31.2 Å². The van der Waals surface area contributed by atoms with Gasteiger partial charge in [0.2, 0.25) is 5.91 Å². The number of ether oxygens (including phenoxy) is 1. The summed E-state index contributed by atoms with van der Waals surface area (Å²) in [4.78, 5) is 11.5. The summed E-state index contributed by atoms with van der Waals surface area (Å²) in [6, 6.07) is 7.77. The molecule has 1 aromatic carbocycles. The molecule has 1 rings (SSSR count). The second-order valence-electron chi connectivity index (χ2n) is 4.10. The van der Waals surface area contributed by atoms with E-state index >= 15 is 0 Å². The van der Waals surface area contributed by atoms with Crippen molar-refractivity contribution in [3.63, 3.8) is 0 Å². The van der Waals surface area contributed by atoms with Crippen molar-refractivity contribution >= 4 is 5.91 Å². The highest BCUT2D eigenvalue weighted by molar-refractivity contribution is 5.75. The number of nitrogens with one attached hydrogen (secondary N) is 1. The van der Waals surface area contributed by atoms with E-state index in [-0.39, 0.29) is 5.91 Å². The van der Waals surface area contributed by atoms with Crippen molar-refractivity contribution in [1.82, 2.24) is 5.32 Å². The van der Waals surface area contributed by atoms with Gasteiger partial charge in [-0.3, -0.25) is 4.79 Å². The van der Waals surface area contributed by atoms with Crippen molar-refractivity contribution in [3.8, 4) is 5.75 Å². The van der Waals surface area contributed by atoms with E-state index in [1.165, 1.54) is 0 Å². The summed E-state index contributed by atoms with van der Waals surface area (Å²) in [6.07, 6.45) is 2.29. The molecule has 0 heterocycles. The molecule has 0 bridgehead atoms. The van der Waals surface area contributed by atoms with Gasteiger partial charge in [0.25, 0.3) is 0 Å². The topological polar surface area (TPSA) is 64.3 Å².